The summed E-state index contributed by atoms with van der Waals surface area (Å²) < 4.78 is 28.1. The van der Waals surface area contributed by atoms with Gasteiger partial charge in [0.15, 0.2) is 0 Å². The summed E-state index contributed by atoms with van der Waals surface area (Å²) in [4.78, 5) is 13.2. The maximum absolute atomic E-state index is 13.5. The summed E-state index contributed by atoms with van der Waals surface area (Å²) in [6.07, 6.45) is 2.84. The Morgan fingerprint density at radius 1 is 0.968 bits per heavy atom. The maximum atomic E-state index is 13.5. The van der Waals surface area contributed by atoms with Crippen molar-refractivity contribution in [3.63, 3.8) is 0 Å². The van der Waals surface area contributed by atoms with E-state index in [1.165, 1.54) is 9.87 Å². The summed E-state index contributed by atoms with van der Waals surface area (Å²) >= 11 is 0. The highest BCUT2D eigenvalue weighted by Gasteiger charge is 2.29. The number of para-hydroxylation sites is 1. The van der Waals surface area contributed by atoms with Gasteiger partial charge in [0.05, 0.1) is 16.6 Å². The molecule has 0 heterocycles. The zero-order valence-electron chi connectivity index (χ0n) is 17.5. The van der Waals surface area contributed by atoms with Gasteiger partial charge in [-0.3, -0.25) is 9.10 Å². The van der Waals surface area contributed by atoms with Crippen molar-refractivity contribution in [2.24, 2.45) is 0 Å². The second kappa shape index (κ2) is 8.94. The Kier molecular flexibility index (Phi) is 6.09. The normalized spacial score (nSPS) is 15.7. The van der Waals surface area contributed by atoms with Crippen LogP contribution < -0.4 is 9.62 Å². The molecule has 0 radical (unpaired) electrons. The number of nitrogens with zero attached hydrogens (tertiary/aromatic N) is 1. The lowest BCUT2D eigenvalue weighted by molar-refractivity contribution is -0.120. The van der Waals surface area contributed by atoms with Gasteiger partial charge in [0.2, 0.25) is 5.91 Å². The number of amides is 1. The molecule has 0 saturated heterocycles. The third-order valence-corrected chi connectivity index (χ3v) is 7.48. The zero-order chi connectivity index (χ0) is 21.8. The quantitative estimate of drug-likeness (QED) is 0.626. The minimum atomic E-state index is -3.90. The number of benzene rings is 3. The van der Waals surface area contributed by atoms with Crippen LogP contribution in [-0.2, 0) is 21.2 Å². The van der Waals surface area contributed by atoms with Crippen molar-refractivity contribution < 1.29 is 13.2 Å². The fourth-order valence-corrected chi connectivity index (χ4v) is 5.64. The summed E-state index contributed by atoms with van der Waals surface area (Å²) in [5.41, 5.74) is 3.66. The van der Waals surface area contributed by atoms with Crippen molar-refractivity contribution in [2.45, 2.75) is 37.1 Å². The van der Waals surface area contributed by atoms with Crippen LogP contribution in [0.4, 0.5) is 5.69 Å². The number of carbonyl (C=O) groups is 1. The van der Waals surface area contributed by atoms with Gasteiger partial charge in [0.1, 0.15) is 6.54 Å². The van der Waals surface area contributed by atoms with Gasteiger partial charge >= 0.3 is 0 Å². The minimum Gasteiger partial charge on any atom is -0.348 e. The third kappa shape index (κ3) is 4.49. The highest BCUT2D eigenvalue weighted by atomic mass is 32.2. The zero-order valence-corrected chi connectivity index (χ0v) is 18.3. The first-order valence-electron chi connectivity index (χ1n) is 10.5. The molecule has 31 heavy (non-hydrogen) atoms. The second-order valence-corrected chi connectivity index (χ2v) is 9.68. The molecule has 0 aliphatic heterocycles. The summed E-state index contributed by atoms with van der Waals surface area (Å²) in [7, 11) is -3.90. The van der Waals surface area contributed by atoms with Crippen molar-refractivity contribution in [1.82, 2.24) is 5.32 Å². The van der Waals surface area contributed by atoms with Crippen molar-refractivity contribution in [1.29, 1.82) is 0 Å². The Morgan fingerprint density at radius 2 is 1.65 bits per heavy atom. The van der Waals surface area contributed by atoms with E-state index in [1.807, 2.05) is 37.3 Å². The first-order chi connectivity index (χ1) is 15.0. The van der Waals surface area contributed by atoms with Crippen LogP contribution in [0, 0.1) is 6.92 Å². The molecular weight excluding hydrogens is 408 g/mol. The standard InChI is InChI=1S/C25H26N2O3S/c1-19-10-5-8-17-24(19)27(31(29,30)21-13-3-2-4-14-21)18-25(28)26-23-16-9-12-20-11-6-7-15-22(20)23/h2-8,10-11,13-15,17,23H,9,12,16,18H2,1H3,(H,26,28). The molecular formula is C25H26N2O3S. The van der Waals surface area contributed by atoms with E-state index in [4.69, 9.17) is 0 Å². The number of carbonyl (C=O) groups excluding carboxylic acids is 1. The molecule has 0 saturated carbocycles. The van der Waals surface area contributed by atoms with Gasteiger partial charge in [-0.1, -0.05) is 60.7 Å². The van der Waals surface area contributed by atoms with Gasteiger partial charge in [0.25, 0.3) is 10.0 Å². The Hall–Kier alpha value is -3.12. The van der Waals surface area contributed by atoms with Crippen LogP contribution in [0.15, 0.2) is 83.8 Å². The first-order valence-corrected chi connectivity index (χ1v) is 11.9. The number of hydrogen-bond acceptors (Lipinski definition) is 3. The predicted octanol–water partition coefficient (Wildman–Crippen LogP) is 4.38. The van der Waals surface area contributed by atoms with Crippen LogP contribution in [0.2, 0.25) is 0 Å². The number of hydrogen-bond donors (Lipinski definition) is 1. The van der Waals surface area contributed by atoms with E-state index < -0.39 is 10.0 Å². The smallest absolute Gasteiger partial charge is 0.264 e. The molecule has 4 rings (SSSR count). The van der Waals surface area contributed by atoms with Crippen molar-refractivity contribution in [3.8, 4) is 0 Å². The second-order valence-electron chi connectivity index (χ2n) is 7.82. The van der Waals surface area contributed by atoms with E-state index in [9.17, 15) is 13.2 Å². The summed E-state index contributed by atoms with van der Waals surface area (Å²) in [6, 6.07) is 23.5. The molecule has 1 aliphatic carbocycles. The molecule has 0 fully saturated rings. The lowest BCUT2D eigenvalue weighted by Crippen LogP contribution is -2.42. The topological polar surface area (TPSA) is 66.5 Å². The van der Waals surface area contributed by atoms with Gasteiger partial charge in [-0.2, -0.15) is 0 Å². The molecule has 6 heteroatoms. The largest absolute Gasteiger partial charge is 0.348 e. The Labute approximate surface area is 183 Å². The van der Waals surface area contributed by atoms with Crippen LogP contribution in [0.25, 0.3) is 0 Å². The van der Waals surface area contributed by atoms with E-state index >= 15 is 0 Å². The van der Waals surface area contributed by atoms with Crippen LogP contribution >= 0.6 is 0 Å². The number of sulfonamides is 1. The lowest BCUT2D eigenvalue weighted by atomic mass is 9.88. The molecule has 1 aliphatic rings. The van der Waals surface area contributed by atoms with Crippen molar-refractivity contribution in [2.75, 3.05) is 10.8 Å². The Morgan fingerprint density at radius 3 is 2.42 bits per heavy atom. The average molecular weight is 435 g/mol. The molecule has 1 atom stereocenters. The third-order valence-electron chi connectivity index (χ3n) is 5.71. The van der Waals surface area contributed by atoms with Gasteiger partial charge in [-0.05, 0) is 61.1 Å². The molecule has 160 valence electrons. The van der Waals surface area contributed by atoms with Crippen molar-refractivity contribution in [3.05, 3.63) is 95.6 Å². The highest BCUT2D eigenvalue weighted by Crippen LogP contribution is 2.30. The Balaban J connectivity index is 1.63. The average Bonchev–Trinajstić information content (AvgIpc) is 2.79. The molecule has 0 bridgehead atoms. The molecule has 5 nitrogen and oxygen atoms in total. The SMILES string of the molecule is Cc1ccccc1N(CC(=O)NC1CCCc2ccccc21)S(=O)(=O)c1ccccc1. The fraction of sp³-hybridized carbons (Fsp3) is 0.240. The van der Waals surface area contributed by atoms with Gasteiger partial charge in [-0.15, -0.1) is 0 Å². The van der Waals surface area contributed by atoms with Crippen LogP contribution in [-0.4, -0.2) is 20.9 Å². The number of nitrogens with one attached hydrogen (secondary N) is 1. The molecule has 0 spiro atoms. The molecule has 3 aromatic rings. The Bertz CT molecular complexity index is 1180. The van der Waals surface area contributed by atoms with Crippen LogP contribution in [0.3, 0.4) is 0 Å². The predicted molar refractivity (Wildman–Crippen MR) is 122 cm³/mol. The van der Waals surface area contributed by atoms with E-state index in [-0.39, 0.29) is 23.4 Å². The highest BCUT2D eigenvalue weighted by molar-refractivity contribution is 7.92. The molecule has 3 aromatic carbocycles. The summed E-state index contributed by atoms with van der Waals surface area (Å²) in [6.45, 7) is 1.57. The first kappa shape index (κ1) is 21.1. The number of fused-ring (bicyclic) bond motifs is 1. The van der Waals surface area contributed by atoms with E-state index in [0.717, 1.165) is 30.4 Å². The van der Waals surface area contributed by atoms with Gasteiger partial charge in [0, 0.05) is 0 Å². The molecule has 1 N–H and O–H groups in total. The maximum Gasteiger partial charge on any atom is 0.264 e. The fourth-order valence-electron chi connectivity index (χ4n) is 4.14. The molecule has 1 amide bonds. The lowest BCUT2D eigenvalue weighted by Gasteiger charge is -2.29. The number of aryl methyl sites for hydroxylation is 2. The van der Waals surface area contributed by atoms with E-state index in [0.29, 0.717) is 5.69 Å². The molecule has 1 unspecified atom stereocenters. The minimum absolute atomic E-state index is 0.101. The van der Waals surface area contributed by atoms with Gasteiger partial charge < -0.3 is 5.32 Å². The summed E-state index contributed by atoms with van der Waals surface area (Å²) in [5, 5.41) is 3.07. The van der Waals surface area contributed by atoms with Gasteiger partial charge in [-0.25, -0.2) is 8.42 Å². The molecule has 0 aromatic heterocycles. The van der Waals surface area contributed by atoms with Crippen molar-refractivity contribution >= 4 is 21.6 Å². The number of anilines is 1. The summed E-state index contributed by atoms with van der Waals surface area (Å²) in [5.74, 6) is -0.315. The van der Waals surface area contributed by atoms with Crippen LogP contribution in [0.5, 0.6) is 0 Å². The monoisotopic (exact) mass is 434 g/mol. The number of rotatable bonds is 6. The van der Waals surface area contributed by atoms with E-state index in [1.54, 1.807) is 42.5 Å². The van der Waals surface area contributed by atoms with E-state index in [2.05, 4.69) is 11.4 Å². The van der Waals surface area contributed by atoms with Crippen LogP contribution in [0.1, 0.15) is 35.6 Å².